The summed E-state index contributed by atoms with van der Waals surface area (Å²) in [6.45, 7) is 4.17. The number of carbonyl (C=O) groups excluding carboxylic acids is 1. The van der Waals surface area contributed by atoms with E-state index in [-0.39, 0.29) is 5.97 Å². The fourth-order valence-electron chi connectivity index (χ4n) is 3.82. The highest BCUT2D eigenvalue weighted by molar-refractivity contribution is 5.91. The lowest BCUT2D eigenvalue weighted by molar-refractivity contribution is -0.148. The summed E-state index contributed by atoms with van der Waals surface area (Å²) in [6, 6.07) is 19.4. The van der Waals surface area contributed by atoms with Gasteiger partial charge in [0.15, 0.2) is 5.41 Å². The van der Waals surface area contributed by atoms with Gasteiger partial charge in [0.1, 0.15) is 12.4 Å². The quantitative estimate of drug-likeness (QED) is 0.627. The first kappa shape index (κ1) is 19.4. The molecule has 0 amide bonds. The number of aromatic nitrogens is 2. The number of rotatable bonds is 7. The molecule has 0 aliphatic carbocycles. The Kier molecular flexibility index (Phi) is 6.03. The van der Waals surface area contributed by atoms with Crippen LogP contribution in [0.25, 0.3) is 0 Å². The van der Waals surface area contributed by atoms with Crippen LogP contribution >= 0.6 is 0 Å². The van der Waals surface area contributed by atoms with Gasteiger partial charge in [0.2, 0.25) is 0 Å². The third kappa shape index (κ3) is 3.95. The number of nitrogens with one attached hydrogen (secondary N) is 1. The number of benzene rings is 2. The Labute approximate surface area is 170 Å². The smallest absolute Gasteiger partial charge is 0.328 e. The minimum absolute atomic E-state index is 0.320. The molecule has 0 unspecified atom stereocenters. The summed E-state index contributed by atoms with van der Waals surface area (Å²) in [4.78, 5) is 23.6. The molecule has 0 spiro atoms. The summed E-state index contributed by atoms with van der Waals surface area (Å²) in [7, 11) is 0. The van der Waals surface area contributed by atoms with Crippen LogP contribution in [-0.4, -0.2) is 60.3 Å². The van der Waals surface area contributed by atoms with Crippen molar-refractivity contribution in [3.05, 3.63) is 90.0 Å². The van der Waals surface area contributed by atoms with Gasteiger partial charge in [-0.25, -0.2) is 4.98 Å². The normalized spacial score (nSPS) is 15.2. The fraction of sp³-hybridized carbons (Fsp3) is 0.304. The molecule has 0 radical (unpaired) electrons. The molecule has 1 fully saturated rings. The highest BCUT2D eigenvalue weighted by atomic mass is 16.5. The maximum Gasteiger partial charge on any atom is 0.328 e. The lowest BCUT2D eigenvalue weighted by Crippen LogP contribution is -2.43. The van der Waals surface area contributed by atoms with Crippen molar-refractivity contribution in [3.63, 3.8) is 0 Å². The number of nitrogens with zero attached hydrogens (tertiary/aromatic N) is 2. The van der Waals surface area contributed by atoms with Crippen molar-refractivity contribution < 1.29 is 14.3 Å². The molecule has 1 aromatic heterocycles. The molecule has 29 heavy (non-hydrogen) atoms. The molecule has 0 saturated carbocycles. The first-order valence-corrected chi connectivity index (χ1v) is 9.90. The second-order valence-corrected chi connectivity index (χ2v) is 7.01. The number of ether oxygens (including phenoxy) is 2. The molecule has 1 aliphatic heterocycles. The number of morpholine rings is 1. The molecule has 3 aromatic rings. The number of hydrogen-bond donors (Lipinski definition) is 1. The zero-order chi connectivity index (χ0) is 19.9. The van der Waals surface area contributed by atoms with Crippen LogP contribution < -0.4 is 0 Å². The Morgan fingerprint density at radius 2 is 1.66 bits per heavy atom. The average Bonchev–Trinajstić information content (AvgIpc) is 3.32. The molecule has 1 N–H and O–H groups in total. The van der Waals surface area contributed by atoms with E-state index in [0.717, 1.165) is 37.4 Å². The van der Waals surface area contributed by atoms with Crippen LogP contribution in [0.2, 0.25) is 0 Å². The summed E-state index contributed by atoms with van der Waals surface area (Å²) < 4.78 is 11.2. The first-order chi connectivity index (χ1) is 14.3. The van der Waals surface area contributed by atoms with E-state index in [1.165, 1.54) is 0 Å². The van der Waals surface area contributed by atoms with Gasteiger partial charge in [0.25, 0.3) is 0 Å². The summed E-state index contributed by atoms with van der Waals surface area (Å²) in [5.41, 5.74) is 0.479. The minimum atomic E-state index is -1.16. The maximum absolute atomic E-state index is 13.7. The molecular formula is C23H25N3O3. The average molecular weight is 391 g/mol. The molecule has 2 heterocycles. The molecule has 4 rings (SSSR count). The Morgan fingerprint density at radius 3 is 2.21 bits per heavy atom. The first-order valence-electron chi connectivity index (χ1n) is 9.90. The summed E-state index contributed by atoms with van der Waals surface area (Å²) in [5.74, 6) is 0.212. The summed E-state index contributed by atoms with van der Waals surface area (Å²) >= 11 is 0. The van der Waals surface area contributed by atoms with Gasteiger partial charge >= 0.3 is 5.97 Å². The number of imidazole rings is 1. The van der Waals surface area contributed by atoms with Gasteiger partial charge in [-0.05, 0) is 11.1 Å². The largest absolute Gasteiger partial charge is 0.463 e. The lowest BCUT2D eigenvalue weighted by atomic mass is 9.73. The van der Waals surface area contributed by atoms with Crippen molar-refractivity contribution >= 4 is 5.97 Å². The van der Waals surface area contributed by atoms with E-state index >= 15 is 0 Å². The van der Waals surface area contributed by atoms with E-state index in [4.69, 9.17) is 9.47 Å². The van der Waals surface area contributed by atoms with Crippen LogP contribution in [0.15, 0.2) is 73.1 Å². The third-order valence-electron chi connectivity index (χ3n) is 5.32. The molecule has 0 atom stereocenters. The van der Waals surface area contributed by atoms with Crippen LogP contribution in [-0.2, 0) is 19.7 Å². The number of H-pyrrole nitrogens is 1. The predicted octanol–water partition coefficient (Wildman–Crippen LogP) is 2.62. The number of esters is 1. The van der Waals surface area contributed by atoms with Gasteiger partial charge in [0, 0.05) is 32.0 Å². The molecule has 2 aromatic carbocycles. The van der Waals surface area contributed by atoms with Crippen molar-refractivity contribution in [2.45, 2.75) is 5.41 Å². The second-order valence-electron chi connectivity index (χ2n) is 7.01. The highest BCUT2D eigenvalue weighted by Crippen LogP contribution is 2.38. The van der Waals surface area contributed by atoms with Gasteiger partial charge < -0.3 is 14.5 Å². The van der Waals surface area contributed by atoms with Crippen LogP contribution in [0, 0.1) is 0 Å². The number of carbonyl (C=O) groups is 1. The Balaban J connectivity index is 1.68. The predicted molar refractivity (Wildman–Crippen MR) is 110 cm³/mol. The van der Waals surface area contributed by atoms with E-state index in [2.05, 4.69) is 14.9 Å². The van der Waals surface area contributed by atoms with Crippen LogP contribution in [0.4, 0.5) is 0 Å². The topological polar surface area (TPSA) is 67.4 Å². The third-order valence-corrected chi connectivity index (χ3v) is 5.32. The van der Waals surface area contributed by atoms with Crippen molar-refractivity contribution in [1.29, 1.82) is 0 Å². The van der Waals surface area contributed by atoms with Crippen molar-refractivity contribution in [2.24, 2.45) is 0 Å². The SMILES string of the molecule is O=C(OCCN1CCOCC1)C(c1ccccc1)(c1ccccc1)c1ncc[nH]1. The second kappa shape index (κ2) is 9.03. The van der Waals surface area contributed by atoms with Crippen LogP contribution in [0.3, 0.4) is 0 Å². The molecule has 6 nitrogen and oxygen atoms in total. The van der Waals surface area contributed by atoms with Crippen molar-refractivity contribution in [3.8, 4) is 0 Å². The zero-order valence-corrected chi connectivity index (χ0v) is 16.3. The number of hydrogen-bond acceptors (Lipinski definition) is 5. The van der Waals surface area contributed by atoms with Gasteiger partial charge in [-0.2, -0.15) is 0 Å². The van der Waals surface area contributed by atoms with E-state index in [1.54, 1.807) is 12.4 Å². The minimum Gasteiger partial charge on any atom is -0.463 e. The maximum atomic E-state index is 13.7. The lowest BCUT2D eigenvalue weighted by Gasteiger charge is -2.32. The van der Waals surface area contributed by atoms with Crippen molar-refractivity contribution in [1.82, 2.24) is 14.9 Å². The van der Waals surface area contributed by atoms with E-state index in [1.807, 2.05) is 60.7 Å². The Bertz CT molecular complexity index is 852. The molecule has 1 saturated heterocycles. The fourth-order valence-corrected chi connectivity index (χ4v) is 3.82. The van der Waals surface area contributed by atoms with Gasteiger partial charge in [-0.1, -0.05) is 60.7 Å². The summed E-state index contributed by atoms with van der Waals surface area (Å²) in [5, 5.41) is 0. The van der Waals surface area contributed by atoms with Gasteiger partial charge in [-0.15, -0.1) is 0 Å². The van der Waals surface area contributed by atoms with E-state index in [0.29, 0.717) is 19.0 Å². The molecule has 150 valence electrons. The molecular weight excluding hydrogens is 366 g/mol. The molecule has 6 heteroatoms. The summed E-state index contributed by atoms with van der Waals surface area (Å²) in [6.07, 6.45) is 3.40. The van der Waals surface area contributed by atoms with Crippen LogP contribution in [0.1, 0.15) is 17.0 Å². The Morgan fingerprint density at radius 1 is 1.03 bits per heavy atom. The monoisotopic (exact) mass is 391 g/mol. The Hall–Kier alpha value is -2.96. The molecule has 1 aliphatic rings. The van der Waals surface area contributed by atoms with Gasteiger partial charge in [0.05, 0.1) is 13.2 Å². The van der Waals surface area contributed by atoms with E-state index < -0.39 is 5.41 Å². The standard InChI is InChI=1S/C23H25N3O3/c27-22(29-18-15-26-13-16-28-17-14-26)23(21-24-11-12-25-21,19-7-3-1-4-8-19)20-9-5-2-6-10-20/h1-12H,13-18H2,(H,24,25). The van der Waals surface area contributed by atoms with Crippen LogP contribution in [0.5, 0.6) is 0 Å². The molecule has 0 bridgehead atoms. The zero-order valence-electron chi connectivity index (χ0n) is 16.3. The van der Waals surface area contributed by atoms with E-state index in [9.17, 15) is 4.79 Å². The van der Waals surface area contributed by atoms with Crippen molar-refractivity contribution in [2.75, 3.05) is 39.5 Å². The highest BCUT2D eigenvalue weighted by Gasteiger charge is 2.47. The number of aromatic amines is 1. The van der Waals surface area contributed by atoms with Gasteiger partial charge in [-0.3, -0.25) is 9.69 Å².